The number of aryl methyl sites for hydroxylation is 2. The van der Waals surface area contributed by atoms with E-state index in [1.54, 1.807) is 42.7 Å². The number of carbonyl (C=O) groups is 1. The number of methoxy groups -OCH3 is 1. The van der Waals surface area contributed by atoms with Gasteiger partial charge in [0.25, 0.3) is 0 Å². The van der Waals surface area contributed by atoms with Gasteiger partial charge in [-0.25, -0.2) is 13.4 Å². The zero-order valence-electron chi connectivity index (χ0n) is 18.8. The second kappa shape index (κ2) is 9.38. The number of hydrogen-bond acceptors (Lipinski definition) is 7. The molecule has 0 saturated carbocycles. The number of aromatic nitrogens is 2. The number of anilines is 1. The molecule has 2 heterocycles. The highest BCUT2D eigenvalue weighted by Crippen LogP contribution is 2.37. The number of pyridine rings is 1. The van der Waals surface area contributed by atoms with E-state index in [4.69, 9.17) is 4.74 Å². The van der Waals surface area contributed by atoms with Gasteiger partial charge < -0.3 is 10.1 Å². The molecule has 3 aromatic rings. The molecular formula is C23H27N3O4S2. The van der Waals surface area contributed by atoms with E-state index in [0.29, 0.717) is 28.6 Å². The summed E-state index contributed by atoms with van der Waals surface area (Å²) >= 11 is 1.31. The number of benzene rings is 1. The van der Waals surface area contributed by atoms with Gasteiger partial charge in [-0.3, -0.25) is 9.78 Å². The van der Waals surface area contributed by atoms with Gasteiger partial charge in [-0.2, -0.15) is 0 Å². The van der Waals surface area contributed by atoms with Crippen LogP contribution in [0.15, 0.2) is 47.6 Å². The summed E-state index contributed by atoms with van der Waals surface area (Å²) in [5.41, 5.74) is 1.77. The van der Waals surface area contributed by atoms with Crippen LogP contribution >= 0.6 is 11.3 Å². The van der Waals surface area contributed by atoms with E-state index in [0.717, 1.165) is 10.4 Å². The Hall–Kier alpha value is -2.78. The highest BCUT2D eigenvalue weighted by Gasteiger charge is 2.24. The molecule has 0 atom stereocenters. The number of nitrogens with one attached hydrogen (secondary N) is 1. The maximum atomic E-state index is 13.1. The largest absolute Gasteiger partial charge is 0.495 e. The minimum absolute atomic E-state index is 0.0502. The van der Waals surface area contributed by atoms with Crippen molar-refractivity contribution < 1.29 is 17.9 Å². The molecule has 170 valence electrons. The minimum atomic E-state index is -3.61. The van der Waals surface area contributed by atoms with Crippen LogP contribution in [0.5, 0.6) is 5.75 Å². The summed E-state index contributed by atoms with van der Waals surface area (Å²) in [5.74, 6) is 0.115. The Kier molecular flexibility index (Phi) is 7.00. The van der Waals surface area contributed by atoms with E-state index in [1.165, 1.54) is 18.4 Å². The number of thiazole rings is 1. The Morgan fingerprint density at radius 1 is 1.16 bits per heavy atom. The minimum Gasteiger partial charge on any atom is -0.495 e. The molecule has 0 saturated heterocycles. The van der Waals surface area contributed by atoms with Crippen molar-refractivity contribution >= 4 is 32.2 Å². The van der Waals surface area contributed by atoms with E-state index in [9.17, 15) is 13.2 Å². The Morgan fingerprint density at radius 2 is 1.84 bits per heavy atom. The summed E-state index contributed by atoms with van der Waals surface area (Å²) < 4.78 is 31.6. The van der Waals surface area contributed by atoms with E-state index in [1.807, 2.05) is 27.7 Å². The van der Waals surface area contributed by atoms with Crippen molar-refractivity contribution in [3.05, 3.63) is 54.0 Å². The van der Waals surface area contributed by atoms with Crippen LogP contribution in [0.3, 0.4) is 0 Å². The van der Waals surface area contributed by atoms with Crippen LogP contribution in [0.1, 0.15) is 32.0 Å². The summed E-state index contributed by atoms with van der Waals surface area (Å²) in [6, 6.07) is 8.68. The zero-order valence-corrected chi connectivity index (χ0v) is 20.4. The molecule has 2 aromatic heterocycles. The van der Waals surface area contributed by atoms with Crippen LogP contribution in [0.25, 0.3) is 10.4 Å². The van der Waals surface area contributed by atoms with Gasteiger partial charge in [0, 0.05) is 17.8 Å². The topological polar surface area (TPSA) is 98.2 Å². The molecule has 0 radical (unpaired) electrons. The van der Waals surface area contributed by atoms with Crippen molar-refractivity contribution in [2.75, 3.05) is 18.2 Å². The number of ether oxygens (including phenoxy) is 1. The predicted molar refractivity (Wildman–Crippen MR) is 127 cm³/mol. The maximum Gasteiger partial charge on any atom is 0.231 e. The fourth-order valence-corrected chi connectivity index (χ4v) is 5.42. The first-order chi connectivity index (χ1) is 15.0. The molecule has 0 aliphatic carbocycles. The third-order valence-electron chi connectivity index (χ3n) is 4.87. The zero-order chi connectivity index (χ0) is 23.5. The second-order valence-corrected chi connectivity index (χ2v) is 11.5. The van der Waals surface area contributed by atoms with E-state index in [-0.39, 0.29) is 16.6 Å². The third kappa shape index (κ3) is 5.52. The molecular weight excluding hydrogens is 446 g/mol. The fourth-order valence-electron chi connectivity index (χ4n) is 2.97. The number of carbonyl (C=O) groups excluding carboxylic acids is 1. The number of rotatable bonds is 7. The normalized spacial score (nSPS) is 11.9. The molecule has 9 heteroatoms. The van der Waals surface area contributed by atoms with E-state index < -0.39 is 15.3 Å². The van der Waals surface area contributed by atoms with Crippen molar-refractivity contribution in [3.63, 3.8) is 0 Å². The van der Waals surface area contributed by atoms with Crippen molar-refractivity contribution in [1.82, 2.24) is 9.97 Å². The average molecular weight is 474 g/mol. The van der Waals surface area contributed by atoms with Crippen LogP contribution in [-0.2, 0) is 21.1 Å². The van der Waals surface area contributed by atoms with Crippen LogP contribution in [-0.4, -0.2) is 37.2 Å². The van der Waals surface area contributed by atoms with Crippen molar-refractivity contribution in [3.8, 4) is 16.2 Å². The maximum absolute atomic E-state index is 13.1. The monoisotopic (exact) mass is 473 g/mol. The predicted octanol–water partition coefficient (Wildman–Crippen LogP) is 4.52. The quantitative estimate of drug-likeness (QED) is 0.542. The summed E-state index contributed by atoms with van der Waals surface area (Å²) in [5, 5.41) is 3.32. The molecule has 3 rings (SSSR count). The van der Waals surface area contributed by atoms with Crippen LogP contribution in [0.4, 0.5) is 5.13 Å². The molecule has 0 unspecified atom stereocenters. The van der Waals surface area contributed by atoms with Gasteiger partial charge in [-0.05, 0) is 54.8 Å². The lowest BCUT2D eigenvalue weighted by molar-refractivity contribution is -0.123. The number of nitrogens with zero attached hydrogens (tertiary/aromatic N) is 2. The van der Waals surface area contributed by atoms with Gasteiger partial charge >= 0.3 is 0 Å². The Morgan fingerprint density at radius 3 is 2.47 bits per heavy atom. The highest BCUT2D eigenvalue weighted by molar-refractivity contribution is 7.91. The van der Waals surface area contributed by atoms with Gasteiger partial charge in [0.15, 0.2) is 15.0 Å². The van der Waals surface area contributed by atoms with Crippen LogP contribution in [0.2, 0.25) is 0 Å². The number of amides is 1. The smallest absolute Gasteiger partial charge is 0.231 e. The molecule has 0 aliphatic heterocycles. The summed E-state index contributed by atoms with van der Waals surface area (Å²) in [4.78, 5) is 21.6. The van der Waals surface area contributed by atoms with Crippen molar-refractivity contribution in [2.24, 2.45) is 5.41 Å². The standard InChI is InChI=1S/C23H27N3O4S2/c1-15-20(31-22(25-15)26-21(27)23(2,3)4)17-6-7-18(30-5)19(14-17)32(28,29)13-10-16-8-11-24-12-9-16/h6-9,11-12,14H,10,13H2,1-5H3,(H,25,26,27). The Labute approximate surface area is 192 Å². The molecule has 0 fully saturated rings. The molecule has 32 heavy (non-hydrogen) atoms. The van der Waals surface area contributed by atoms with Gasteiger partial charge in [0.1, 0.15) is 10.6 Å². The number of hydrogen-bond donors (Lipinski definition) is 1. The first kappa shape index (κ1) is 23.9. The second-order valence-electron chi connectivity index (χ2n) is 8.43. The summed E-state index contributed by atoms with van der Waals surface area (Å²) in [7, 11) is -2.15. The Balaban J connectivity index is 1.92. The van der Waals surface area contributed by atoms with Gasteiger partial charge in [-0.15, -0.1) is 0 Å². The number of sulfone groups is 1. The van der Waals surface area contributed by atoms with Crippen molar-refractivity contribution in [2.45, 2.75) is 39.0 Å². The van der Waals surface area contributed by atoms with Crippen molar-refractivity contribution in [1.29, 1.82) is 0 Å². The van der Waals surface area contributed by atoms with Crippen LogP contribution in [0, 0.1) is 12.3 Å². The summed E-state index contributed by atoms with van der Waals surface area (Å²) in [6.45, 7) is 7.32. The molecule has 1 amide bonds. The molecule has 0 spiro atoms. The molecule has 1 N–H and O–H groups in total. The Bertz CT molecular complexity index is 1210. The molecule has 1 aromatic carbocycles. The highest BCUT2D eigenvalue weighted by atomic mass is 32.2. The molecule has 0 aliphatic rings. The molecule has 0 bridgehead atoms. The SMILES string of the molecule is COc1ccc(-c2sc(NC(=O)C(C)(C)C)nc2C)cc1S(=O)(=O)CCc1ccncc1. The van der Waals surface area contributed by atoms with Crippen LogP contribution < -0.4 is 10.1 Å². The fraction of sp³-hybridized carbons (Fsp3) is 0.348. The first-order valence-electron chi connectivity index (χ1n) is 10.1. The third-order valence-corrected chi connectivity index (χ3v) is 7.72. The van der Waals surface area contributed by atoms with E-state index >= 15 is 0 Å². The lowest BCUT2D eigenvalue weighted by Crippen LogP contribution is -2.27. The first-order valence-corrected chi connectivity index (χ1v) is 12.6. The van der Waals surface area contributed by atoms with Gasteiger partial charge in [-0.1, -0.05) is 32.1 Å². The van der Waals surface area contributed by atoms with E-state index in [2.05, 4.69) is 15.3 Å². The lowest BCUT2D eigenvalue weighted by atomic mass is 9.96. The lowest BCUT2D eigenvalue weighted by Gasteiger charge is -2.15. The molecule has 7 nitrogen and oxygen atoms in total. The van der Waals surface area contributed by atoms with Gasteiger partial charge in [0.05, 0.1) is 23.4 Å². The summed E-state index contributed by atoms with van der Waals surface area (Å²) in [6.07, 6.45) is 3.66. The average Bonchev–Trinajstić information content (AvgIpc) is 3.12. The van der Waals surface area contributed by atoms with Gasteiger partial charge in [0.2, 0.25) is 5.91 Å².